The molecule has 0 radical (unpaired) electrons. The van der Waals surface area contributed by atoms with Gasteiger partial charge in [-0.05, 0) is 36.4 Å². The van der Waals surface area contributed by atoms with Gasteiger partial charge in [-0.25, -0.2) is 9.97 Å². The number of aliphatic hydroxyl groups excluding tert-OH is 1. The first-order chi connectivity index (χ1) is 10.1. The number of rotatable bonds is 2. The van der Waals surface area contributed by atoms with Gasteiger partial charge in [-0.2, -0.15) is 0 Å². The van der Waals surface area contributed by atoms with Crippen LogP contribution in [-0.2, 0) is 0 Å². The van der Waals surface area contributed by atoms with Crippen molar-refractivity contribution in [3.8, 4) is 0 Å². The minimum Gasteiger partial charge on any atom is -0.507 e. The first kappa shape index (κ1) is 13.3. The van der Waals surface area contributed by atoms with E-state index >= 15 is 0 Å². The highest BCUT2D eigenvalue weighted by molar-refractivity contribution is 6.30. The topological polar surface area (TPSA) is 78.9 Å². The Hall–Kier alpha value is -2.66. The van der Waals surface area contributed by atoms with Crippen LogP contribution in [0.3, 0.4) is 0 Å². The number of aromatic nitrogens is 3. The predicted molar refractivity (Wildman–Crippen MR) is 82.1 cm³/mol. The summed E-state index contributed by atoms with van der Waals surface area (Å²) in [6.07, 6.45) is 2.88. The van der Waals surface area contributed by atoms with Gasteiger partial charge < -0.3 is 10.1 Å². The van der Waals surface area contributed by atoms with Crippen LogP contribution in [-0.4, -0.2) is 20.1 Å². The normalized spacial score (nSPS) is 11.8. The molecule has 5 nitrogen and oxygen atoms in total. The quantitative estimate of drug-likeness (QED) is 0.713. The Labute approximate surface area is 124 Å². The summed E-state index contributed by atoms with van der Waals surface area (Å²) < 4.78 is 0. The number of nitrogens with zero attached hydrogens (tertiary/aromatic N) is 2. The molecule has 0 bridgehead atoms. The largest absolute Gasteiger partial charge is 0.507 e. The molecule has 0 saturated carbocycles. The number of hydrogen-bond acceptors (Lipinski definition) is 4. The number of H-pyrrole nitrogens is 1. The average molecular weight is 300 g/mol. The van der Waals surface area contributed by atoms with Gasteiger partial charge in [0.1, 0.15) is 17.0 Å². The van der Waals surface area contributed by atoms with E-state index in [-0.39, 0.29) is 11.5 Å². The summed E-state index contributed by atoms with van der Waals surface area (Å²) in [6.45, 7) is 0. The minimum absolute atomic E-state index is 0.0621. The number of pyridine rings is 1. The molecule has 0 amide bonds. The van der Waals surface area contributed by atoms with Crippen LogP contribution < -0.4 is 5.56 Å². The second-order valence-corrected chi connectivity index (χ2v) is 4.80. The van der Waals surface area contributed by atoms with Crippen LogP contribution in [0.1, 0.15) is 11.3 Å². The number of fused-ring (bicyclic) bond motifs is 1. The molecule has 3 rings (SSSR count). The second kappa shape index (κ2) is 5.38. The maximum absolute atomic E-state index is 11.9. The summed E-state index contributed by atoms with van der Waals surface area (Å²) in [5, 5.41) is 10.6. The molecule has 104 valence electrons. The molecule has 2 aromatic heterocycles. The van der Waals surface area contributed by atoms with Crippen LogP contribution >= 0.6 is 11.6 Å². The smallest absolute Gasteiger partial charge is 0.275 e. The van der Waals surface area contributed by atoms with Crippen molar-refractivity contribution in [1.82, 2.24) is 15.0 Å². The zero-order valence-corrected chi connectivity index (χ0v) is 11.5. The van der Waals surface area contributed by atoms with Crippen molar-refractivity contribution in [2.75, 3.05) is 0 Å². The number of aliphatic hydroxyl groups is 1. The Bertz CT molecular complexity index is 885. The van der Waals surface area contributed by atoms with Crippen LogP contribution in [0.4, 0.5) is 0 Å². The summed E-state index contributed by atoms with van der Waals surface area (Å²) in [4.78, 5) is 22.7. The van der Waals surface area contributed by atoms with Crippen LogP contribution in [0.5, 0.6) is 0 Å². The number of benzene rings is 1. The van der Waals surface area contributed by atoms with Crippen molar-refractivity contribution in [1.29, 1.82) is 0 Å². The van der Waals surface area contributed by atoms with Crippen molar-refractivity contribution in [3.05, 3.63) is 69.2 Å². The van der Waals surface area contributed by atoms with E-state index in [1.54, 1.807) is 42.6 Å². The Morgan fingerprint density at radius 1 is 1.24 bits per heavy atom. The summed E-state index contributed by atoms with van der Waals surface area (Å²) in [5.41, 5.74) is 1.20. The summed E-state index contributed by atoms with van der Waals surface area (Å²) in [5.74, 6) is -0.0621. The first-order valence-corrected chi connectivity index (χ1v) is 6.53. The van der Waals surface area contributed by atoms with Gasteiger partial charge in [-0.15, -0.1) is 0 Å². The van der Waals surface area contributed by atoms with Crippen molar-refractivity contribution >= 4 is 34.6 Å². The number of aromatic amines is 1. The third-order valence-electron chi connectivity index (χ3n) is 2.91. The van der Waals surface area contributed by atoms with E-state index in [0.717, 1.165) is 0 Å². The van der Waals surface area contributed by atoms with Gasteiger partial charge in [0.05, 0.1) is 0 Å². The van der Waals surface area contributed by atoms with Gasteiger partial charge in [0.25, 0.3) is 5.56 Å². The van der Waals surface area contributed by atoms with E-state index in [0.29, 0.717) is 21.7 Å². The molecular weight excluding hydrogens is 290 g/mol. The molecule has 2 N–H and O–H groups in total. The van der Waals surface area contributed by atoms with E-state index in [4.69, 9.17) is 11.6 Å². The fraction of sp³-hybridized carbons (Fsp3) is 0. The Morgan fingerprint density at radius 2 is 2.00 bits per heavy atom. The molecule has 0 aliphatic rings. The zero-order chi connectivity index (χ0) is 14.8. The number of hydrogen-bond donors (Lipinski definition) is 2. The van der Waals surface area contributed by atoms with Gasteiger partial charge in [0.2, 0.25) is 0 Å². The lowest BCUT2D eigenvalue weighted by molar-refractivity contribution is 0.515. The van der Waals surface area contributed by atoms with Gasteiger partial charge in [-0.1, -0.05) is 11.6 Å². The lowest BCUT2D eigenvalue weighted by Gasteiger charge is -2.01. The molecule has 3 aromatic rings. The lowest BCUT2D eigenvalue weighted by atomic mass is 10.1. The SMILES string of the molecule is O=c1[nH]c2ncccc2nc1/C=C(\O)c1ccc(Cl)cc1. The number of halogens is 1. The highest BCUT2D eigenvalue weighted by Gasteiger charge is 2.06. The molecule has 0 spiro atoms. The lowest BCUT2D eigenvalue weighted by Crippen LogP contribution is -2.12. The summed E-state index contributed by atoms with van der Waals surface area (Å²) in [7, 11) is 0. The predicted octanol–water partition coefficient (Wildman–Crippen LogP) is 3.03. The Kier molecular flexibility index (Phi) is 3.41. The van der Waals surface area contributed by atoms with Gasteiger partial charge in [-0.3, -0.25) is 4.79 Å². The zero-order valence-electron chi connectivity index (χ0n) is 10.7. The van der Waals surface area contributed by atoms with E-state index in [9.17, 15) is 9.90 Å². The maximum atomic E-state index is 11.9. The van der Waals surface area contributed by atoms with Crippen LogP contribution in [0.15, 0.2) is 47.4 Å². The van der Waals surface area contributed by atoms with Crippen molar-refractivity contribution < 1.29 is 5.11 Å². The average Bonchev–Trinajstić information content (AvgIpc) is 2.48. The summed E-state index contributed by atoms with van der Waals surface area (Å²) >= 11 is 5.79. The maximum Gasteiger partial charge on any atom is 0.275 e. The monoisotopic (exact) mass is 299 g/mol. The molecule has 6 heteroatoms. The molecule has 0 unspecified atom stereocenters. The fourth-order valence-electron chi connectivity index (χ4n) is 1.87. The first-order valence-electron chi connectivity index (χ1n) is 6.15. The van der Waals surface area contributed by atoms with Crippen molar-refractivity contribution in [2.24, 2.45) is 0 Å². The summed E-state index contributed by atoms with van der Waals surface area (Å²) in [6, 6.07) is 10.1. The molecule has 0 fully saturated rings. The highest BCUT2D eigenvalue weighted by Crippen LogP contribution is 2.17. The van der Waals surface area contributed by atoms with E-state index in [1.807, 2.05) is 0 Å². The van der Waals surface area contributed by atoms with Crippen molar-refractivity contribution in [3.63, 3.8) is 0 Å². The third-order valence-corrected chi connectivity index (χ3v) is 3.16. The molecule has 21 heavy (non-hydrogen) atoms. The standard InChI is InChI=1S/C15H10ClN3O2/c16-10-5-3-9(4-6-10)13(20)8-12-15(21)19-14-11(18-12)2-1-7-17-14/h1-8,20H,(H,17,19,21)/b13-8-. The molecule has 1 aromatic carbocycles. The Balaban J connectivity index is 2.07. The molecule has 0 aliphatic heterocycles. The van der Waals surface area contributed by atoms with Crippen LogP contribution in [0, 0.1) is 0 Å². The van der Waals surface area contributed by atoms with Gasteiger partial charge in [0.15, 0.2) is 5.65 Å². The molecule has 2 heterocycles. The van der Waals surface area contributed by atoms with Crippen LogP contribution in [0.2, 0.25) is 5.02 Å². The van der Waals surface area contributed by atoms with E-state index in [2.05, 4.69) is 15.0 Å². The molecule has 0 atom stereocenters. The van der Waals surface area contributed by atoms with Crippen molar-refractivity contribution in [2.45, 2.75) is 0 Å². The van der Waals surface area contributed by atoms with Crippen LogP contribution in [0.25, 0.3) is 23.0 Å². The van der Waals surface area contributed by atoms with Gasteiger partial charge in [0, 0.05) is 22.9 Å². The third kappa shape index (κ3) is 2.78. The fourth-order valence-corrected chi connectivity index (χ4v) is 1.99. The second-order valence-electron chi connectivity index (χ2n) is 4.36. The van der Waals surface area contributed by atoms with E-state index in [1.165, 1.54) is 6.08 Å². The Morgan fingerprint density at radius 3 is 2.76 bits per heavy atom. The molecule has 0 saturated heterocycles. The molecule has 0 aliphatic carbocycles. The van der Waals surface area contributed by atoms with Gasteiger partial charge >= 0.3 is 0 Å². The van der Waals surface area contributed by atoms with E-state index < -0.39 is 5.56 Å². The highest BCUT2D eigenvalue weighted by atomic mass is 35.5. The number of nitrogens with one attached hydrogen (secondary N) is 1. The minimum atomic E-state index is -0.415. The molecular formula is C15H10ClN3O2.